The Balaban J connectivity index is 1.26. The number of benzene rings is 1. The molecule has 1 amide bonds. The minimum absolute atomic E-state index is 0.227. The zero-order valence-electron chi connectivity index (χ0n) is 15.7. The first-order chi connectivity index (χ1) is 14.3. The lowest BCUT2D eigenvalue weighted by atomic mass is 10.2. The lowest BCUT2D eigenvalue weighted by Gasteiger charge is -2.16. The number of carbonyl (C=O) groups excluding carboxylic acids is 1. The smallest absolute Gasteiger partial charge is 0.271 e. The maximum atomic E-state index is 12.5. The number of aromatic nitrogens is 4. The molecule has 9 nitrogen and oxygen atoms in total. The summed E-state index contributed by atoms with van der Waals surface area (Å²) < 4.78 is 12.4. The molecule has 0 radical (unpaired) electrons. The van der Waals surface area contributed by atoms with E-state index in [1.807, 2.05) is 24.3 Å². The third-order valence-electron chi connectivity index (χ3n) is 5.04. The van der Waals surface area contributed by atoms with Crippen molar-refractivity contribution in [2.24, 2.45) is 0 Å². The van der Waals surface area contributed by atoms with Crippen molar-refractivity contribution < 1.29 is 14.3 Å². The number of amides is 1. The van der Waals surface area contributed by atoms with Gasteiger partial charge in [-0.25, -0.2) is 15.0 Å². The summed E-state index contributed by atoms with van der Waals surface area (Å²) >= 11 is 0. The van der Waals surface area contributed by atoms with Crippen molar-refractivity contribution in [3.8, 4) is 17.3 Å². The van der Waals surface area contributed by atoms with Gasteiger partial charge in [0, 0.05) is 31.9 Å². The first-order valence-corrected chi connectivity index (χ1v) is 9.54. The highest BCUT2D eigenvalue weighted by Crippen LogP contribution is 2.32. The molecular formula is C20H20N6O3. The van der Waals surface area contributed by atoms with Crippen molar-refractivity contribution in [2.75, 3.05) is 24.8 Å². The van der Waals surface area contributed by atoms with Gasteiger partial charge >= 0.3 is 0 Å². The molecule has 1 fully saturated rings. The summed E-state index contributed by atoms with van der Waals surface area (Å²) in [5, 5.41) is 2.88. The van der Waals surface area contributed by atoms with E-state index in [0.29, 0.717) is 23.8 Å². The lowest BCUT2D eigenvalue weighted by Crippen LogP contribution is -2.23. The van der Waals surface area contributed by atoms with Crippen molar-refractivity contribution in [1.29, 1.82) is 0 Å². The number of hydrogen-bond donors (Lipinski definition) is 1. The summed E-state index contributed by atoms with van der Waals surface area (Å²) in [6, 6.07) is 7.52. The Bertz CT molecular complexity index is 1040. The Morgan fingerprint density at radius 1 is 1.03 bits per heavy atom. The Kier molecular flexibility index (Phi) is 4.47. The van der Waals surface area contributed by atoms with Crippen LogP contribution in [0.3, 0.4) is 0 Å². The molecule has 9 heteroatoms. The normalized spacial score (nSPS) is 15.0. The minimum atomic E-state index is -0.254. The second-order valence-electron chi connectivity index (χ2n) is 6.97. The topological polar surface area (TPSA) is 94.4 Å². The van der Waals surface area contributed by atoms with E-state index in [4.69, 9.17) is 9.47 Å². The summed E-state index contributed by atoms with van der Waals surface area (Å²) in [5.74, 6) is 2.74. The van der Waals surface area contributed by atoms with Gasteiger partial charge in [-0.05, 0) is 30.5 Å². The van der Waals surface area contributed by atoms with Crippen LogP contribution in [0.15, 0.2) is 43.1 Å². The van der Waals surface area contributed by atoms with Gasteiger partial charge in [0.25, 0.3) is 5.91 Å². The van der Waals surface area contributed by atoms with Crippen LogP contribution in [0.25, 0.3) is 5.82 Å². The number of nitrogens with zero attached hydrogens (tertiary/aromatic N) is 5. The van der Waals surface area contributed by atoms with E-state index >= 15 is 0 Å². The molecule has 3 aromatic rings. The number of imidazole rings is 1. The fourth-order valence-electron chi connectivity index (χ4n) is 3.49. The highest BCUT2D eigenvalue weighted by Gasteiger charge is 2.16. The SMILES string of the molecule is O=C(NCc1ccc2c(c1)OCO2)c1cn(-c2cc(N3CCCC3)ncn2)cn1. The predicted molar refractivity (Wildman–Crippen MR) is 104 cm³/mol. The highest BCUT2D eigenvalue weighted by molar-refractivity contribution is 5.92. The fraction of sp³-hybridized carbons (Fsp3) is 0.300. The molecule has 0 unspecified atom stereocenters. The van der Waals surface area contributed by atoms with Crippen molar-refractivity contribution >= 4 is 11.7 Å². The lowest BCUT2D eigenvalue weighted by molar-refractivity contribution is 0.0946. The molecule has 2 aromatic heterocycles. The number of fused-ring (bicyclic) bond motifs is 1. The second kappa shape index (κ2) is 7.42. The van der Waals surface area contributed by atoms with Crippen LogP contribution < -0.4 is 19.7 Å². The molecule has 1 aromatic carbocycles. The maximum Gasteiger partial charge on any atom is 0.271 e. The maximum absolute atomic E-state index is 12.5. The van der Waals surface area contributed by atoms with Crippen molar-refractivity contribution in [3.63, 3.8) is 0 Å². The largest absolute Gasteiger partial charge is 0.454 e. The molecule has 1 N–H and O–H groups in total. The molecule has 29 heavy (non-hydrogen) atoms. The molecule has 4 heterocycles. The third-order valence-corrected chi connectivity index (χ3v) is 5.04. The van der Waals surface area contributed by atoms with Crippen LogP contribution in [0.1, 0.15) is 28.9 Å². The summed E-state index contributed by atoms with van der Waals surface area (Å²) in [6.45, 7) is 2.61. The number of anilines is 1. The number of rotatable bonds is 5. The van der Waals surface area contributed by atoms with Gasteiger partial charge in [0.05, 0.1) is 0 Å². The first-order valence-electron chi connectivity index (χ1n) is 9.54. The molecule has 5 rings (SSSR count). The van der Waals surface area contributed by atoms with Crippen molar-refractivity contribution in [3.05, 3.63) is 54.4 Å². The van der Waals surface area contributed by atoms with Crippen LogP contribution in [-0.2, 0) is 6.54 Å². The average molecular weight is 392 g/mol. The Morgan fingerprint density at radius 3 is 2.76 bits per heavy atom. The van der Waals surface area contributed by atoms with E-state index in [9.17, 15) is 4.79 Å². The standard InChI is InChI=1S/C20H20N6O3/c27-20(21-9-14-3-4-16-17(7-14)29-13-28-16)15-10-26(12-24-15)19-8-18(22-11-23-19)25-5-1-2-6-25/h3-4,7-8,10-12H,1-2,5-6,9,13H2,(H,21,27). The van der Waals surface area contributed by atoms with E-state index in [-0.39, 0.29) is 12.7 Å². The average Bonchev–Trinajstić information content (AvgIpc) is 3.53. The fourth-order valence-corrected chi connectivity index (χ4v) is 3.49. The van der Waals surface area contributed by atoms with E-state index in [1.54, 1.807) is 23.4 Å². The van der Waals surface area contributed by atoms with Gasteiger partial charge in [-0.15, -0.1) is 0 Å². The van der Waals surface area contributed by atoms with Gasteiger partial charge in [-0.1, -0.05) is 6.07 Å². The Morgan fingerprint density at radius 2 is 1.86 bits per heavy atom. The number of nitrogens with one attached hydrogen (secondary N) is 1. The zero-order valence-corrected chi connectivity index (χ0v) is 15.7. The molecule has 1 saturated heterocycles. The summed E-state index contributed by atoms with van der Waals surface area (Å²) in [6.07, 6.45) is 7.16. The van der Waals surface area contributed by atoms with Crippen LogP contribution >= 0.6 is 0 Å². The van der Waals surface area contributed by atoms with Crippen LogP contribution in [0.4, 0.5) is 5.82 Å². The Hall–Kier alpha value is -3.62. The van der Waals surface area contributed by atoms with Gasteiger partial charge < -0.3 is 19.7 Å². The summed E-state index contributed by atoms with van der Waals surface area (Å²) in [7, 11) is 0. The van der Waals surface area contributed by atoms with Gasteiger partial charge in [0.1, 0.15) is 30.0 Å². The first kappa shape index (κ1) is 17.5. The van der Waals surface area contributed by atoms with Gasteiger partial charge in [-0.3, -0.25) is 9.36 Å². The molecule has 148 valence electrons. The molecular weight excluding hydrogens is 372 g/mol. The Labute approximate surface area is 167 Å². The molecule has 0 spiro atoms. The van der Waals surface area contributed by atoms with E-state index < -0.39 is 0 Å². The van der Waals surface area contributed by atoms with Crippen LogP contribution in [0.5, 0.6) is 11.5 Å². The van der Waals surface area contributed by atoms with Crippen molar-refractivity contribution in [1.82, 2.24) is 24.8 Å². The second-order valence-corrected chi connectivity index (χ2v) is 6.97. The monoisotopic (exact) mass is 392 g/mol. The van der Waals surface area contributed by atoms with E-state index in [1.165, 1.54) is 12.8 Å². The minimum Gasteiger partial charge on any atom is -0.454 e. The van der Waals surface area contributed by atoms with Crippen LogP contribution in [0, 0.1) is 0 Å². The quantitative estimate of drug-likeness (QED) is 0.709. The van der Waals surface area contributed by atoms with Crippen LogP contribution in [-0.4, -0.2) is 45.3 Å². The summed E-state index contributed by atoms with van der Waals surface area (Å²) in [5.41, 5.74) is 1.25. The number of carbonyl (C=O) groups is 1. The molecule has 0 aliphatic carbocycles. The highest BCUT2D eigenvalue weighted by atomic mass is 16.7. The molecule has 0 atom stereocenters. The molecule has 2 aliphatic heterocycles. The van der Waals surface area contributed by atoms with Gasteiger partial charge in [0.15, 0.2) is 11.5 Å². The summed E-state index contributed by atoms with van der Waals surface area (Å²) in [4.78, 5) is 27.6. The van der Waals surface area contributed by atoms with Gasteiger partial charge in [0.2, 0.25) is 6.79 Å². The van der Waals surface area contributed by atoms with Crippen LogP contribution in [0.2, 0.25) is 0 Å². The number of ether oxygens (including phenoxy) is 2. The van der Waals surface area contributed by atoms with E-state index in [0.717, 1.165) is 30.2 Å². The number of hydrogen-bond acceptors (Lipinski definition) is 7. The van der Waals surface area contributed by atoms with E-state index in [2.05, 4.69) is 25.2 Å². The predicted octanol–water partition coefficient (Wildman–Crippen LogP) is 1.92. The molecule has 0 bridgehead atoms. The third kappa shape index (κ3) is 3.58. The van der Waals surface area contributed by atoms with Gasteiger partial charge in [-0.2, -0.15) is 0 Å². The van der Waals surface area contributed by atoms with Crippen molar-refractivity contribution in [2.45, 2.75) is 19.4 Å². The zero-order chi connectivity index (χ0) is 19.6. The molecule has 0 saturated carbocycles. The molecule has 2 aliphatic rings.